The highest BCUT2D eigenvalue weighted by molar-refractivity contribution is 6.09. The number of amides is 1. The van der Waals surface area contributed by atoms with Crippen LogP contribution in [0.2, 0.25) is 0 Å². The van der Waals surface area contributed by atoms with Gasteiger partial charge in [0.1, 0.15) is 0 Å². The van der Waals surface area contributed by atoms with E-state index in [9.17, 15) is 4.79 Å². The van der Waals surface area contributed by atoms with Gasteiger partial charge in [-0.2, -0.15) is 0 Å². The maximum Gasteiger partial charge on any atom is 0.259 e. The van der Waals surface area contributed by atoms with Gasteiger partial charge in [-0.25, -0.2) is 0 Å². The van der Waals surface area contributed by atoms with Gasteiger partial charge in [0.05, 0.1) is 5.70 Å². The van der Waals surface area contributed by atoms with Crippen molar-refractivity contribution in [2.45, 2.75) is 26.3 Å². The molecule has 1 heterocycles. The zero-order valence-electron chi connectivity index (χ0n) is 9.66. The van der Waals surface area contributed by atoms with Crippen molar-refractivity contribution in [1.29, 1.82) is 0 Å². The predicted octanol–water partition coefficient (Wildman–Crippen LogP) is 3.07. The number of carbonyl (C=O) groups excluding carboxylic acids is 1. The van der Waals surface area contributed by atoms with Gasteiger partial charge in [-0.15, -0.1) is 5.73 Å². The first-order valence-electron chi connectivity index (χ1n) is 5.53. The van der Waals surface area contributed by atoms with Gasteiger partial charge in [0.2, 0.25) is 0 Å². The quantitative estimate of drug-likeness (QED) is 0.691. The number of hydrogen-bond acceptors (Lipinski definition) is 1. The lowest BCUT2D eigenvalue weighted by Gasteiger charge is -2.23. The summed E-state index contributed by atoms with van der Waals surface area (Å²) in [5.41, 5.74) is 5.41. The van der Waals surface area contributed by atoms with Gasteiger partial charge < -0.3 is 0 Å². The Hall–Kier alpha value is -1.79. The van der Waals surface area contributed by atoms with Crippen molar-refractivity contribution in [2.75, 3.05) is 0 Å². The molecule has 82 valence electrons. The van der Waals surface area contributed by atoms with Gasteiger partial charge in [0.15, 0.2) is 0 Å². The molecule has 0 aliphatic carbocycles. The van der Waals surface area contributed by atoms with E-state index < -0.39 is 0 Å². The average molecular weight is 213 g/mol. The highest BCUT2D eigenvalue weighted by atomic mass is 16.2. The third-order valence-electron chi connectivity index (χ3n) is 3.07. The number of nitrogens with zero attached hydrogens (tertiary/aromatic N) is 1. The Kier molecular flexibility index (Phi) is 2.67. The maximum absolute atomic E-state index is 12.2. The molecule has 1 aliphatic rings. The monoisotopic (exact) mass is 213 g/mol. The van der Waals surface area contributed by atoms with Gasteiger partial charge in [-0.05, 0) is 19.4 Å². The molecule has 0 spiro atoms. The molecule has 0 saturated heterocycles. The Morgan fingerprint density at radius 3 is 2.56 bits per heavy atom. The number of rotatable bonds is 2. The van der Waals surface area contributed by atoms with E-state index in [4.69, 9.17) is 0 Å². The van der Waals surface area contributed by atoms with Crippen LogP contribution in [0.15, 0.2) is 36.6 Å². The summed E-state index contributed by atoms with van der Waals surface area (Å²) in [6.07, 6.45) is 0.922. The highest BCUT2D eigenvalue weighted by Crippen LogP contribution is 2.33. The van der Waals surface area contributed by atoms with E-state index in [0.717, 1.165) is 23.2 Å². The fourth-order valence-electron chi connectivity index (χ4n) is 2.02. The Morgan fingerprint density at radius 2 is 2.00 bits per heavy atom. The summed E-state index contributed by atoms with van der Waals surface area (Å²) >= 11 is 0. The van der Waals surface area contributed by atoms with Crippen molar-refractivity contribution in [1.82, 2.24) is 4.90 Å². The molecule has 1 aromatic rings. The van der Waals surface area contributed by atoms with Gasteiger partial charge in [-0.1, -0.05) is 31.7 Å². The van der Waals surface area contributed by atoms with Crippen molar-refractivity contribution >= 4 is 11.6 Å². The Bertz CT molecular complexity index is 483. The van der Waals surface area contributed by atoms with Crippen LogP contribution >= 0.6 is 0 Å². The normalized spacial score (nSPS) is 16.0. The van der Waals surface area contributed by atoms with Gasteiger partial charge in [0, 0.05) is 17.2 Å². The van der Waals surface area contributed by atoms with Crippen molar-refractivity contribution in [2.24, 2.45) is 0 Å². The fourth-order valence-corrected chi connectivity index (χ4v) is 2.02. The number of carbonyl (C=O) groups is 1. The van der Waals surface area contributed by atoms with Crippen LogP contribution in [0.25, 0.3) is 5.70 Å². The highest BCUT2D eigenvalue weighted by Gasteiger charge is 2.34. The minimum Gasteiger partial charge on any atom is -0.298 e. The summed E-state index contributed by atoms with van der Waals surface area (Å²) in [5, 5.41) is 0. The topological polar surface area (TPSA) is 20.3 Å². The van der Waals surface area contributed by atoms with E-state index in [1.165, 1.54) is 0 Å². The van der Waals surface area contributed by atoms with Crippen LogP contribution in [-0.2, 0) is 0 Å². The van der Waals surface area contributed by atoms with E-state index in [1.54, 1.807) is 4.90 Å². The first-order valence-corrected chi connectivity index (χ1v) is 5.53. The summed E-state index contributed by atoms with van der Waals surface area (Å²) in [6.45, 7) is 7.80. The molecule has 1 atom stereocenters. The lowest BCUT2D eigenvalue weighted by atomic mass is 10.1. The van der Waals surface area contributed by atoms with E-state index in [0.29, 0.717) is 0 Å². The number of benzene rings is 1. The summed E-state index contributed by atoms with van der Waals surface area (Å²) in [6, 6.07) is 7.81. The molecule has 1 aliphatic heterocycles. The molecule has 0 radical (unpaired) electrons. The Morgan fingerprint density at radius 1 is 1.38 bits per heavy atom. The minimum atomic E-state index is 0.0658. The summed E-state index contributed by atoms with van der Waals surface area (Å²) < 4.78 is 0. The van der Waals surface area contributed by atoms with E-state index in [-0.39, 0.29) is 11.9 Å². The smallest absolute Gasteiger partial charge is 0.259 e. The summed E-state index contributed by atoms with van der Waals surface area (Å²) in [5.74, 6) is 0.0658. The second-order valence-corrected chi connectivity index (χ2v) is 4.00. The lowest BCUT2D eigenvalue weighted by Crippen LogP contribution is -2.31. The Labute approximate surface area is 95.9 Å². The molecule has 1 unspecified atom stereocenters. The molecule has 1 aromatic carbocycles. The maximum atomic E-state index is 12.2. The van der Waals surface area contributed by atoms with Crippen LogP contribution in [-0.4, -0.2) is 16.8 Å². The number of hydrogen-bond donors (Lipinski definition) is 0. The molecular formula is C14H15NO. The van der Waals surface area contributed by atoms with Crippen LogP contribution in [0.3, 0.4) is 0 Å². The first kappa shape index (κ1) is 10.7. The van der Waals surface area contributed by atoms with Crippen molar-refractivity contribution in [3.8, 4) is 0 Å². The Balaban J connectivity index is 2.57. The van der Waals surface area contributed by atoms with Gasteiger partial charge in [-0.3, -0.25) is 9.69 Å². The third-order valence-corrected chi connectivity index (χ3v) is 3.07. The van der Waals surface area contributed by atoms with Crippen LogP contribution < -0.4 is 0 Å². The standard InChI is InChI=1S/C14H15NO/c1-4-10(3)15-13(5-2)11-8-6-7-9-12(11)14(15)16/h6-10H,2,4H2,1,3H3. The molecule has 16 heavy (non-hydrogen) atoms. The zero-order chi connectivity index (χ0) is 11.7. The van der Waals surface area contributed by atoms with Crippen LogP contribution in [0.1, 0.15) is 36.2 Å². The largest absolute Gasteiger partial charge is 0.298 e. The van der Waals surface area contributed by atoms with Crippen LogP contribution in [0.5, 0.6) is 0 Å². The van der Waals surface area contributed by atoms with Crippen molar-refractivity contribution < 1.29 is 4.79 Å². The molecule has 2 rings (SSSR count). The summed E-state index contributed by atoms with van der Waals surface area (Å²) in [7, 11) is 0. The van der Waals surface area contributed by atoms with E-state index in [1.807, 2.05) is 31.2 Å². The van der Waals surface area contributed by atoms with Gasteiger partial charge in [0.25, 0.3) is 5.91 Å². The molecule has 0 fully saturated rings. The molecule has 2 heteroatoms. The molecular weight excluding hydrogens is 198 g/mol. The molecule has 0 bridgehead atoms. The average Bonchev–Trinajstić information content (AvgIpc) is 2.62. The van der Waals surface area contributed by atoms with Crippen LogP contribution in [0.4, 0.5) is 0 Å². The molecule has 2 nitrogen and oxygen atoms in total. The van der Waals surface area contributed by atoms with Gasteiger partial charge >= 0.3 is 0 Å². The molecule has 0 aromatic heterocycles. The second-order valence-electron chi connectivity index (χ2n) is 4.00. The SMILES string of the molecule is C=C=C1c2ccccc2C(=O)N1C(C)CC. The van der Waals surface area contributed by atoms with E-state index >= 15 is 0 Å². The van der Waals surface area contributed by atoms with Crippen molar-refractivity contribution in [3.05, 3.63) is 47.7 Å². The first-order chi connectivity index (χ1) is 7.70. The van der Waals surface area contributed by atoms with Crippen molar-refractivity contribution in [3.63, 3.8) is 0 Å². The van der Waals surface area contributed by atoms with Crippen LogP contribution in [0, 0.1) is 0 Å². The number of fused-ring (bicyclic) bond motifs is 1. The molecule has 0 N–H and O–H groups in total. The molecule has 0 saturated carbocycles. The van der Waals surface area contributed by atoms with E-state index in [2.05, 4.69) is 19.2 Å². The second kappa shape index (κ2) is 3.99. The lowest BCUT2D eigenvalue weighted by molar-refractivity contribution is 0.0810. The third kappa shape index (κ3) is 1.39. The predicted molar refractivity (Wildman–Crippen MR) is 64.9 cm³/mol. The summed E-state index contributed by atoms with van der Waals surface area (Å²) in [4.78, 5) is 14.0. The minimum absolute atomic E-state index is 0.0658. The molecule has 1 amide bonds. The fraction of sp³-hybridized carbons (Fsp3) is 0.286. The zero-order valence-corrected chi connectivity index (χ0v) is 9.66.